The second kappa shape index (κ2) is 4.43. The molecular formula is C12H12O. The minimum absolute atomic E-state index is 0. The first-order valence-electron chi connectivity index (χ1n) is 4.07. The third-order valence-electron chi connectivity index (χ3n) is 1.88. The van der Waals surface area contributed by atoms with Gasteiger partial charge in [-0.2, -0.15) is 0 Å². The highest BCUT2D eigenvalue weighted by molar-refractivity contribution is 5.62. The average molecular weight is 172 g/mol. The van der Waals surface area contributed by atoms with Gasteiger partial charge in [0.2, 0.25) is 0 Å². The Hall–Kier alpha value is -1.60. The van der Waals surface area contributed by atoms with Gasteiger partial charge in [0, 0.05) is 0 Å². The van der Waals surface area contributed by atoms with Crippen LogP contribution in [0.1, 0.15) is 0 Å². The van der Waals surface area contributed by atoms with E-state index >= 15 is 0 Å². The summed E-state index contributed by atoms with van der Waals surface area (Å²) in [5, 5.41) is 0. The van der Waals surface area contributed by atoms with Gasteiger partial charge in [-0.3, -0.25) is 0 Å². The molecule has 0 heterocycles. The lowest BCUT2D eigenvalue weighted by molar-refractivity contribution is 0.824. The standard InChI is InChI=1S/C12H10.H2O/c1-3-7-11(8-4-1)12-9-5-2-6-10-12;/h1-10H;1H2. The van der Waals surface area contributed by atoms with Crippen molar-refractivity contribution in [2.45, 2.75) is 0 Å². The van der Waals surface area contributed by atoms with Crippen molar-refractivity contribution < 1.29 is 5.48 Å². The zero-order chi connectivity index (χ0) is 8.23. The van der Waals surface area contributed by atoms with Crippen LogP contribution in [0.15, 0.2) is 60.7 Å². The van der Waals surface area contributed by atoms with E-state index in [9.17, 15) is 0 Å². The van der Waals surface area contributed by atoms with Crippen LogP contribution in [0.3, 0.4) is 0 Å². The van der Waals surface area contributed by atoms with E-state index in [-0.39, 0.29) is 5.48 Å². The SMILES string of the molecule is O.c1ccc(-c2ccccc2)cc1. The van der Waals surface area contributed by atoms with Gasteiger partial charge in [0.15, 0.2) is 0 Å². The smallest absolute Gasteiger partial charge is 0.0184 e. The minimum atomic E-state index is 0. The summed E-state index contributed by atoms with van der Waals surface area (Å²) >= 11 is 0. The van der Waals surface area contributed by atoms with Crippen LogP contribution in [0.2, 0.25) is 0 Å². The summed E-state index contributed by atoms with van der Waals surface area (Å²) in [6.07, 6.45) is 0. The normalized spacial score (nSPS) is 8.92. The Morgan fingerprint density at radius 1 is 0.462 bits per heavy atom. The number of rotatable bonds is 1. The summed E-state index contributed by atoms with van der Waals surface area (Å²) in [6, 6.07) is 20.8. The van der Waals surface area contributed by atoms with Gasteiger partial charge in [0.1, 0.15) is 0 Å². The molecule has 0 spiro atoms. The van der Waals surface area contributed by atoms with E-state index in [2.05, 4.69) is 48.5 Å². The second-order valence-electron chi connectivity index (χ2n) is 2.73. The van der Waals surface area contributed by atoms with Crippen LogP contribution < -0.4 is 0 Å². The third kappa shape index (κ3) is 2.17. The van der Waals surface area contributed by atoms with E-state index in [1.54, 1.807) is 0 Å². The minimum Gasteiger partial charge on any atom is -0.412 e. The topological polar surface area (TPSA) is 31.5 Å². The van der Waals surface area contributed by atoms with Crippen LogP contribution in [0.4, 0.5) is 0 Å². The first kappa shape index (κ1) is 9.49. The molecule has 1 nitrogen and oxygen atoms in total. The van der Waals surface area contributed by atoms with Crippen molar-refractivity contribution in [3.05, 3.63) is 60.7 Å². The van der Waals surface area contributed by atoms with Crippen LogP contribution in [0.25, 0.3) is 11.1 Å². The van der Waals surface area contributed by atoms with Crippen LogP contribution in [-0.2, 0) is 0 Å². The van der Waals surface area contributed by atoms with Gasteiger partial charge in [-0.1, -0.05) is 60.7 Å². The molecule has 2 aromatic carbocycles. The molecule has 0 saturated heterocycles. The Morgan fingerprint density at radius 2 is 0.769 bits per heavy atom. The zero-order valence-corrected chi connectivity index (χ0v) is 7.27. The molecule has 0 aliphatic rings. The molecule has 13 heavy (non-hydrogen) atoms. The van der Waals surface area contributed by atoms with Crippen molar-refractivity contribution in [1.29, 1.82) is 0 Å². The van der Waals surface area contributed by atoms with Crippen molar-refractivity contribution in [2.75, 3.05) is 0 Å². The molecule has 0 saturated carbocycles. The second-order valence-corrected chi connectivity index (χ2v) is 2.73. The van der Waals surface area contributed by atoms with Crippen molar-refractivity contribution >= 4 is 0 Å². The molecule has 1 heteroatoms. The first-order valence-corrected chi connectivity index (χ1v) is 4.07. The maximum absolute atomic E-state index is 2.12. The van der Waals surface area contributed by atoms with Gasteiger partial charge < -0.3 is 5.48 Å². The van der Waals surface area contributed by atoms with Gasteiger partial charge in [0.05, 0.1) is 0 Å². The molecule has 0 unspecified atom stereocenters. The van der Waals surface area contributed by atoms with Gasteiger partial charge >= 0.3 is 0 Å². The molecule has 0 bridgehead atoms. The number of hydrogen-bond acceptors (Lipinski definition) is 0. The van der Waals surface area contributed by atoms with Crippen molar-refractivity contribution in [1.82, 2.24) is 0 Å². The van der Waals surface area contributed by atoms with E-state index in [4.69, 9.17) is 0 Å². The molecule has 0 aliphatic heterocycles. The summed E-state index contributed by atoms with van der Waals surface area (Å²) in [5.74, 6) is 0. The molecule has 0 radical (unpaired) electrons. The molecule has 2 aromatic rings. The van der Waals surface area contributed by atoms with Gasteiger partial charge in [-0.25, -0.2) is 0 Å². The van der Waals surface area contributed by atoms with E-state index in [0.717, 1.165) is 0 Å². The Balaban J connectivity index is 0.000000845. The fourth-order valence-corrected chi connectivity index (χ4v) is 1.26. The fraction of sp³-hybridized carbons (Fsp3) is 0. The third-order valence-corrected chi connectivity index (χ3v) is 1.88. The monoisotopic (exact) mass is 172 g/mol. The number of benzene rings is 2. The summed E-state index contributed by atoms with van der Waals surface area (Å²) < 4.78 is 0. The summed E-state index contributed by atoms with van der Waals surface area (Å²) in [4.78, 5) is 0. The molecular weight excluding hydrogens is 160 g/mol. The summed E-state index contributed by atoms with van der Waals surface area (Å²) in [6.45, 7) is 0. The van der Waals surface area contributed by atoms with Gasteiger partial charge in [-0.05, 0) is 11.1 Å². The molecule has 0 amide bonds. The zero-order valence-electron chi connectivity index (χ0n) is 7.27. The highest BCUT2D eigenvalue weighted by Gasteiger charge is 1.91. The maximum atomic E-state index is 2.12. The molecule has 0 aliphatic carbocycles. The summed E-state index contributed by atoms with van der Waals surface area (Å²) in [7, 11) is 0. The van der Waals surface area contributed by atoms with Crippen LogP contribution in [0.5, 0.6) is 0 Å². The largest absolute Gasteiger partial charge is 0.412 e. The Labute approximate surface area is 78.0 Å². The quantitative estimate of drug-likeness (QED) is 0.633. The lowest BCUT2D eigenvalue weighted by Gasteiger charge is -1.98. The van der Waals surface area contributed by atoms with Gasteiger partial charge in [0.25, 0.3) is 0 Å². The predicted octanol–water partition coefficient (Wildman–Crippen LogP) is 2.53. The Bertz CT molecular complexity index is 303. The van der Waals surface area contributed by atoms with Gasteiger partial charge in [-0.15, -0.1) is 0 Å². The maximum Gasteiger partial charge on any atom is -0.0184 e. The number of hydrogen-bond donors (Lipinski definition) is 0. The van der Waals surface area contributed by atoms with Crippen LogP contribution >= 0.6 is 0 Å². The average Bonchev–Trinajstić information content (AvgIpc) is 2.21. The van der Waals surface area contributed by atoms with Crippen molar-refractivity contribution in [2.24, 2.45) is 0 Å². The summed E-state index contributed by atoms with van der Waals surface area (Å²) in [5.41, 5.74) is 2.55. The van der Waals surface area contributed by atoms with Crippen LogP contribution in [0, 0.1) is 0 Å². The lowest BCUT2D eigenvalue weighted by Crippen LogP contribution is -1.73. The molecule has 2 rings (SSSR count). The van der Waals surface area contributed by atoms with Crippen LogP contribution in [-0.4, -0.2) is 5.48 Å². The Morgan fingerprint density at radius 3 is 1.08 bits per heavy atom. The van der Waals surface area contributed by atoms with E-state index in [0.29, 0.717) is 0 Å². The highest BCUT2D eigenvalue weighted by atomic mass is 16.0. The van der Waals surface area contributed by atoms with E-state index in [1.165, 1.54) is 11.1 Å². The fourth-order valence-electron chi connectivity index (χ4n) is 1.26. The highest BCUT2D eigenvalue weighted by Crippen LogP contribution is 2.17. The molecule has 0 atom stereocenters. The molecule has 2 N–H and O–H groups in total. The van der Waals surface area contributed by atoms with Crippen molar-refractivity contribution in [3.63, 3.8) is 0 Å². The van der Waals surface area contributed by atoms with Crippen molar-refractivity contribution in [3.8, 4) is 11.1 Å². The first-order chi connectivity index (χ1) is 5.97. The molecule has 0 fully saturated rings. The Kier molecular flexibility index (Phi) is 3.23. The lowest BCUT2D eigenvalue weighted by atomic mass is 10.1. The predicted molar refractivity (Wildman–Crippen MR) is 55.5 cm³/mol. The molecule has 66 valence electrons. The van der Waals surface area contributed by atoms with E-state index in [1.807, 2.05) is 12.1 Å². The van der Waals surface area contributed by atoms with E-state index < -0.39 is 0 Å². The molecule has 0 aromatic heterocycles.